The minimum absolute atomic E-state index is 0.0175. The lowest BCUT2D eigenvalue weighted by molar-refractivity contribution is 0.0470. The Labute approximate surface area is 165 Å². The van der Waals surface area contributed by atoms with E-state index in [0.29, 0.717) is 16.2 Å². The summed E-state index contributed by atoms with van der Waals surface area (Å²) < 4.78 is 7.20. The van der Waals surface area contributed by atoms with E-state index in [0.717, 1.165) is 42.1 Å². The van der Waals surface area contributed by atoms with Crippen molar-refractivity contribution in [2.24, 2.45) is 0 Å². The lowest BCUT2D eigenvalue weighted by Gasteiger charge is -2.10. The van der Waals surface area contributed by atoms with E-state index in [1.165, 1.54) is 10.9 Å². The largest absolute Gasteiger partial charge is 0.456 e. The second-order valence-electron chi connectivity index (χ2n) is 6.99. The number of hydrogen-bond donors (Lipinski definition) is 0. The number of fused-ring (bicyclic) bond motifs is 4. The molecule has 28 heavy (non-hydrogen) atoms. The van der Waals surface area contributed by atoms with E-state index < -0.39 is 5.97 Å². The van der Waals surface area contributed by atoms with Crippen LogP contribution < -0.4 is 5.56 Å². The van der Waals surface area contributed by atoms with E-state index >= 15 is 0 Å². The summed E-state index contributed by atoms with van der Waals surface area (Å²) in [6.45, 7) is -0.0175. The number of esters is 1. The van der Waals surface area contributed by atoms with E-state index in [-0.39, 0.29) is 12.2 Å². The van der Waals surface area contributed by atoms with Crippen molar-refractivity contribution in [1.82, 2.24) is 9.38 Å². The molecule has 0 unspecified atom stereocenters. The van der Waals surface area contributed by atoms with Gasteiger partial charge < -0.3 is 4.74 Å². The van der Waals surface area contributed by atoms with Crippen molar-refractivity contribution in [2.75, 3.05) is 0 Å². The molecule has 0 atom stereocenters. The van der Waals surface area contributed by atoms with Crippen LogP contribution in [0, 0.1) is 0 Å². The lowest BCUT2D eigenvalue weighted by Crippen LogP contribution is -2.18. The van der Waals surface area contributed by atoms with Gasteiger partial charge in [0, 0.05) is 16.6 Å². The molecule has 1 aliphatic carbocycles. The van der Waals surface area contributed by atoms with Crippen LogP contribution in [0.3, 0.4) is 0 Å². The SMILES string of the molecule is O=C(OCc1cc(=O)n2c3c(sc2n1)CCCC3)c1cccc2ccccc12. The fourth-order valence-corrected chi connectivity index (χ4v) is 5.07. The second kappa shape index (κ2) is 6.87. The highest BCUT2D eigenvalue weighted by Gasteiger charge is 2.19. The Morgan fingerprint density at radius 1 is 1.11 bits per heavy atom. The van der Waals surface area contributed by atoms with Gasteiger partial charge in [0.05, 0.1) is 11.3 Å². The predicted molar refractivity (Wildman–Crippen MR) is 109 cm³/mol. The fraction of sp³-hybridized carbons (Fsp3) is 0.227. The lowest BCUT2D eigenvalue weighted by atomic mass is 10.0. The zero-order chi connectivity index (χ0) is 19.1. The van der Waals surface area contributed by atoms with Crippen LogP contribution in [-0.4, -0.2) is 15.4 Å². The first kappa shape index (κ1) is 17.1. The molecule has 2 aromatic heterocycles. The monoisotopic (exact) mass is 390 g/mol. The van der Waals surface area contributed by atoms with Gasteiger partial charge in [0.2, 0.25) is 0 Å². The number of benzene rings is 2. The van der Waals surface area contributed by atoms with Crippen LogP contribution in [0.2, 0.25) is 0 Å². The molecule has 5 nitrogen and oxygen atoms in total. The summed E-state index contributed by atoms with van der Waals surface area (Å²) in [5.74, 6) is -0.413. The van der Waals surface area contributed by atoms with Crippen molar-refractivity contribution >= 4 is 33.0 Å². The third-order valence-electron chi connectivity index (χ3n) is 5.18. The maximum atomic E-state index is 12.6. The molecule has 0 bridgehead atoms. The molecule has 0 fully saturated rings. The molecule has 140 valence electrons. The minimum Gasteiger partial charge on any atom is -0.456 e. The topological polar surface area (TPSA) is 60.7 Å². The number of rotatable bonds is 3. The first-order chi connectivity index (χ1) is 13.7. The number of nitrogens with zero attached hydrogens (tertiary/aromatic N) is 2. The van der Waals surface area contributed by atoms with Crippen LogP contribution in [0.1, 0.15) is 39.5 Å². The molecule has 0 aliphatic heterocycles. The van der Waals surface area contributed by atoms with E-state index in [1.807, 2.05) is 36.4 Å². The number of ether oxygens (including phenoxy) is 1. The summed E-state index contributed by atoms with van der Waals surface area (Å²) in [6.07, 6.45) is 4.19. The number of aromatic nitrogens is 2. The van der Waals surface area contributed by atoms with E-state index in [9.17, 15) is 9.59 Å². The molecule has 0 saturated heterocycles. The molecule has 0 saturated carbocycles. The fourth-order valence-electron chi connectivity index (χ4n) is 3.84. The Hall–Kier alpha value is -2.99. The van der Waals surface area contributed by atoms with Crippen molar-refractivity contribution in [3.63, 3.8) is 0 Å². The number of carbonyl (C=O) groups is 1. The summed E-state index contributed by atoms with van der Waals surface area (Å²) in [4.78, 5) is 31.7. The van der Waals surface area contributed by atoms with Crippen LogP contribution >= 0.6 is 11.3 Å². The third-order valence-corrected chi connectivity index (χ3v) is 6.32. The zero-order valence-corrected chi connectivity index (χ0v) is 16.0. The van der Waals surface area contributed by atoms with Gasteiger partial charge in [0.15, 0.2) is 4.96 Å². The van der Waals surface area contributed by atoms with Gasteiger partial charge in [-0.3, -0.25) is 9.20 Å². The summed E-state index contributed by atoms with van der Waals surface area (Å²) >= 11 is 1.57. The molecular weight excluding hydrogens is 372 g/mol. The Kier molecular flexibility index (Phi) is 4.20. The van der Waals surface area contributed by atoms with Crippen molar-refractivity contribution in [1.29, 1.82) is 0 Å². The first-order valence-corrected chi connectivity index (χ1v) is 10.2. The molecule has 1 aliphatic rings. The first-order valence-electron chi connectivity index (χ1n) is 9.39. The van der Waals surface area contributed by atoms with E-state index in [1.54, 1.807) is 21.8 Å². The van der Waals surface area contributed by atoms with Gasteiger partial charge in [-0.25, -0.2) is 9.78 Å². The number of aryl methyl sites for hydroxylation is 2. The van der Waals surface area contributed by atoms with Crippen LogP contribution in [-0.2, 0) is 24.2 Å². The highest BCUT2D eigenvalue weighted by atomic mass is 32.1. The molecule has 0 radical (unpaired) electrons. The van der Waals surface area contributed by atoms with Crippen molar-refractivity contribution in [3.05, 3.63) is 80.7 Å². The molecule has 0 amide bonds. The Morgan fingerprint density at radius 2 is 1.93 bits per heavy atom. The van der Waals surface area contributed by atoms with Gasteiger partial charge >= 0.3 is 5.97 Å². The summed E-state index contributed by atoms with van der Waals surface area (Å²) in [7, 11) is 0. The van der Waals surface area contributed by atoms with Crippen LogP contribution in [0.4, 0.5) is 0 Å². The van der Waals surface area contributed by atoms with Gasteiger partial charge in [0.25, 0.3) is 5.56 Å². The van der Waals surface area contributed by atoms with Crippen LogP contribution in [0.5, 0.6) is 0 Å². The third kappa shape index (κ3) is 2.90. The average molecular weight is 390 g/mol. The summed E-state index contributed by atoms with van der Waals surface area (Å²) in [5.41, 5.74) is 2.00. The van der Waals surface area contributed by atoms with Crippen molar-refractivity contribution in [3.8, 4) is 0 Å². The molecular formula is C22H18N2O3S. The molecule has 0 spiro atoms. The maximum absolute atomic E-state index is 12.6. The second-order valence-corrected chi connectivity index (χ2v) is 8.05. The molecule has 5 rings (SSSR count). The van der Waals surface area contributed by atoms with Crippen molar-refractivity contribution in [2.45, 2.75) is 32.3 Å². The van der Waals surface area contributed by atoms with Gasteiger partial charge in [0.1, 0.15) is 6.61 Å². The van der Waals surface area contributed by atoms with Crippen LogP contribution in [0.15, 0.2) is 53.3 Å². The predicted octanol–water partition coefficient (Wildman–Crippen LogP) is 4.15. The van der Waals surface area contributed by atoms with Gasteiger partial charge in [-0.2, -0.15) is 0 Å². The highest BCUT2D eigenvalue weighted by molar-refractivity contribution is 7.17. The Bertz CT molecular complexity index is 1270. The minimum atomic E-state index is -0.413. The molecule has 6 heteroatoms. The van der Waals surface area contributed by atoms with E-state index in [4.69, 9.17) is 4.74 Å². The maximum Gasteiger partial charge on any atom is 0.339 e. The Morgan fingerprint density at radius 3 is 2.86 bits per heavy atom. The van der Waals surface area contributed by atoms with Gasteiger partial charge in [-0.15, -0.1) is 11.3 Å². The van der Waals surface area contributed by atoms with Gasteiger partial charge in [-0.1, -0.05) is 36.4 Å². The summed E-state index contributed by atoms with van der Waals surface area (Å²) in [6, 6.07) is 14.7. The number of carbonyl (C=O) groups excluding carboxylic acids is 1. The molecule has 2 heterocycles. The quantitative estimate of drug-likeness (QED) is 0.493. The summed E-state index contributed by atoms with van der Waals surface area (Å²) in [5, 5.41) is 1.84. The smallest absolute Gasteiger partial charge is 0.339 e. The Balaban J connectivity index is 1.43. The van der Waals surface area contributed by atoms with Crippen LogP contribution in [0.25, 0.3) is 15.7 Å². The molecule has 2 aromatic carbocycles. The van der Waals surface area contributed by atoms with Crippen molar-refractivity contribution < 1.29 is 9.53 Å². The average Bonchev–Trinajstić information content (AvgIpc) is 3.10. The van der Waals surface area contributed by atoms with E-state index in [2.05, 4.69) is 4.98 Å². The number of thiazole rings is 1. The zero-order valence-electron chi connectivity index (χ0n) is 15.2. The molecule has 0 N–H and O–H groups in total. The molecule has 4 aromatic rings. The standard InChI is InChI=1S/C22H18N2O3S/c25-20-12-15(23-22-24(20)18-10-3-4-11-19(18)28-22)13-27-21(26)17-9-5-7-14-6-1-2-8-16(14)17/h1-2,5-9,12H,3-4,10-11,13H2. The van der Waals surface area contributed by atoms with Gasteiger partial charge in [-0.05, 0) is 42.5 Å². The highest BCUT2D eigenvalue weighted by Crippen LogP contribution is 2.28. The number of hydrogen-bond acceptors (Lipinski definition) is 5. The normalized spacial score (nSPS) is 13.6.